The number of thiazole rings is 1. The van der Waals surface area contributed by atoms with Gasteiger partial charge in [-0.1, -0.05) is 18.3 Å². The highest BCUT2D eigenvalue weighted by Crippen LogP contribution is 2.24. The standard InChI is InChI=1S/C10H18N4O2S2/c1-3-4-13-10-14-8(11)7(17-10)9(15)12-5-6-18(2)16/h3-6,11H2,1-2H3,(H,12,15)(H,13,14). The first-order valence-electron chi connectivity index (χ1n) is 5.63. The predicted octanol–water partition coefficient (Wildman–Crippen LogP) is 0.656. The van der Waals surface area contributed by atoms with E-state index in [0.29, 0.717) is 22.3 Å². The van der Waals surface area contributed by atoms with Crippen LogP contribution >= 0.6 is 11.3 Å². The summed E-state index contributed by atoms with van der Waals surface area (Å²) >= 11 is 1.23. The molecular formula is C10H18N4O2S2. The van der Waals surface area contributed by atoms with Crippen molar-refractivity contribution in [2.75, 3.05) is 36.1 Å². The van der Waals surface area contributed by atoms with E-state index in [4.69, 9.17) is 5.73 Å². The average molecular weight is 290 g/mol. The number of anilines is 2. The number of nitrogen functional groups attached to an aromatic ring is 1. The molecule has 1 heterocycles. The number of carbonyl (C=O) groups is 1. The normalized spacial score (nSPS) is 12.1. The quantitative estimate of drug-likeness (QED) is 0.685. The molecule has 1 rings (SSSR count). The maximum atomic E-state index is 11.8. The summed E-state index contributed by atoms with van der Waals surface area (Å²) in [4.78, 5) is 16.3. The van der Waals surface area contributed by atoms with Crippen molar-refractivity contribution < 1.29 is 9.00 Å². The molecule has 0 aliphatic rings. The SMILES string of the molecule is CCCNc1nc(N)c(C(=O)NCCS(C)=O)s1. The third-order valence-corrected chi connectivity index (χ3v) is 3.87. The minimum Gasteiger partial charge on any atom is -0.382 e. The van der Waals surface area contributed by atoms with Gasteiger partial charge in [-0.3, -0.25) is 9.00 Å². The van der Waals surface area contributed by atoms with Gasteiger partial charge in [-0.15, -0.1) is 0 Å². The topological polar surface area (TPSA) is 97.1 Å². The average Bonchev–Trinajstić information content (AvgIpc) is 2.67. The zero-order valence-corrected chi connectivity index (χ0v) is 12.1. The van der Waals surface area contributed by atoms with E-state index in [1.807, 2.05) is 6.92 Å². The molecule has 102 valence electrons. The van der Waals surface area contributed by atoms with Crippen LogP contribution in [0.2, 0.25) is 0 Å². The Kier molecular flexibility index (Phi) is 6.06. The summed E-state index contributed by atoms with van der Waals surface area (Å²) in [6.45, 7) is 3.21. The highest BCUT2D eigenvalue weighted by molar-refractivity contribution is 7.84. The largest absolute Gasteiger partial charge is 0.382 e. The summed E-state index contributed by atoms with van der Waals surface area (Å²) in [5.74, 6) is 0.402. The molecule has 1 unspecified atom stereocenters. The minimum absolute atomic E-state index is 0.230. The first-order chi connectivity index (χ1) is 8.54. The molecule has 1 aromatic rings. The molecule has 1 atom stereocenters. The van der Waals surface area contributed by atoms with E-state index in [0.717, 1.165) is 13.0 Å². The molecule has 0 saturated carbocycles. The van der Waals surface area contributed by atoms with Crippen molar-refractivity contribution >= 4 is 39.0 Å². The molecule has 0 saturated heterocycles. The molecule has 18 heavy (non-hydrogen) atoms. The second-order valence-corrected chi connectivity index (χ2v) is 6.25. The van der Waals surface area contributed by atoms with Crippen molar-refractivity contribution in [3.05, 3.63) is 4.88 Å². The van der Waals surface area contributed by atoms with Crippen LogP contribution in [0.3, 0.4) is 0 Å². The molecule has 0 aliphatic heterocycles. The van der Waals surface area contributed by atoms with Crippen molar-refractivity contribution in [1.29, 1.82) is 0 Å². The number of nitrogens with zero attached hydrogens (tertiary/aromatic N) is 1. The lowest BCUT2D eigenvalue weighted by Crippen LogP contribution is -2.27. The molecule has 1 amide bonds. The Labute approximate surface area is 113 Å². The number of hydrogen-bond acceptors (Lipinski definition) is 6. The fraction of sp³-hybridized carbons (Fsp3) is 0.600. The highest BCUT2D eigenvalue weighted by Gasteiger charge is 2.15. The maximum Gasteiger partial charge on any atom is 0.265 e. The van der Waals surface area contributed by atoms with Crippen LogP contribution in [0.25, 0.3) is 0 Å². The summed E-state index contributed by atoms with van der Waals surface area (Å²) in [6.07, 6.45) is 2.57. The number of amides is 1. The fourth-order valence-electron chi connectivity index (χ4n) is 1.19. The first kappa shape index (κ1) is 14.9. The number of nitrogens with one attached hydrogen (secondary N) is 2. The van der Waals surface area contributed by atoms with Gasteiger partial charge in [-0.2, -0.15) is 0 Å². The third kappa shape index (κ3) is 4.61. The molecule has 8 heteroatoms. The van der Waals surface area contributed by atoms with Crippen molar-refractivity contribution in [2.45, 2.75) is 13.3 Å². The summed E-state index contributed by atoms with van der Waals surface area (Å²) in [7, 11) is -0.913. The first-order valence-corrected chi connectivity index (χ1v) is 8.17. The van der Waals surface area contributed by atoms with Gasteiger partial charge < -0.3 is 16.4 Å². The Morgan fingerprint density at radius 1 is 1.50 bits per heavy atom. The number of carbonyl (C=O) groups excluding carboxylic acids is 1. The van der Waals surface area contributed by atoms with Crippen LogP contribution < -0.4 is 16.4 Å². The van der Waals surface area contributed by atoms with Gasteiger partial charge >= 0.3 is 0 Å². The lowest BCUT2D eigenvalue weighted by molar-refractivity contribution is 0.0961. The minimum atomic E-state index is -0.913. The number of rotatable bonds is 7. The van der Waals surface area contributed by atoms with Crippen molar-refractivity contribution in [2.24, 2.45) is 0 Å². The number of hydrogen-bond donors (Lipinski definition) is 3. The van der Waals surface area contributed by atoms with Crippen LogP contribution in [-0.4, -0.2) is 40.2 Å². The Balaban J connectivity index is 2.56. The number of nitrogens with two attached hydrogens (primary N) is 1. The summed E-state index contributed by atoms with van der Waals surface area (Å²) < 4.78 is 10.9. The van der Waals surface area contributed by atoms with Crippen LogP contribution in [0.4, 0.5) is 10.9 Å². The monoisotopic (exact) mass is 290 g/mol. The second-order valence-electron chi connectivity index (χ2n) is 3.69. The predicted molar refractivity (Wildman–Crippen MR) is 76.6 cm³/mol. The highest BCUT2D eigenvalue weighted by atomic mass is 32.2. The summed E-state index contributed by atoms with van der Waals surface area (Å²) in [5.41, 5.74) is 5.68. The molecule has 0 aliphatic carbocycles. The van der Waals surface area contributed by atoms with Crippen LogP contribution in [0.15, 0.2) is 0 Å². The van der Waals surface area contributed by atoms with Crippen LogP contribution in [-0.2, 0) is 10.8 Å². The lowest BCUT2D eigenvalue weighted by Gasteiger charge is -2.01. The van der Waals surface area contributed by atoms with Crippen molar-refractivity contribution in [1.82, 2.24) is 10.3 Å². The van der Waals surface area contributed by atoms with Crippen molar-refractivity contribution in [3.8, 4) is 0 Å². The van der Waals surface area contributed by atoms with Gasteiger partial charge in [0, 0.05) is 35.9 Å². The van der Waals surface area contributed by atoms with Gasteiger partial charge in [0.15, 0.2) is 5.13 Å². The van der Waals surface area contributed by atoms with E-state index in [1.165, 1.54) is 11.3 Å². The zero-order chi connectivity index (χ0) is 13.5. The van der Waals surface area contributed by atoms with Gasteiger partial charge in [-0.25, -0.2) is 4.98 Å². The molecule has 0 spiro atoms. The molecule has 0 aromatic carbocycles. The Morgan fingerprint density at radius 2 is 2.22 bits per heavy atom. The Hall–Kier alpha value is -1.15. The summed E-state index contributed by atoms with van der Waals surface area (Å²) in [5, 5.41) is 6.41. The lowest BCUT2D eigenvalue weighted by atomic mass is 10.4. The van der Waals surface area contributed by atoms with E-state index in [-0.39, 0.29) is 11.7 Å². The van der Waals surface area contributed by atoms with E-state index in [1.54, 1.807) is 6.26 Å². The molecule has 1 aromatic heterocycles. The van der Waals surface area contributed by atoms with Gasteiger partial charge in [0.2, 0.25) is 0 Å². The summed E-state index contributed by atoms with van der Waals surface area (Å²) in [6, 6.07) is 0. The van der Waals surface area contributed by atoms with Gasteiger partial charge in [0.25, 0.3) is 5.91 Å². The van der Waals surface area contributed by atoms with Crippen LogP contribution in [0.1, 0.15) is 23.0 Å². The van der Waals surface area contributed by atoms with Crippen molar-refractivity contribution in [3.63, 3.8) is 0 Å². The van der Waals surface area contributed by atoms with E-state index in [2.05, 4.69) is 15.6 Å². The molecule has 0 fully saturated rings. The van der Waals surface area contributed by atoms with E-state index >= 15 is 0 Å². The van der Waals surface area contributed by atoms with Gasteiger partial charge in [-0.05, 0) is 6.42 Å². The smallest absolute Gasteiger partial charge is 0.265 e. The molecule has 6 nitrogen and oxygen atoms in total. The molecule has 4 N–H and O–H groups in total. The van der Waals surface area contributed by atoms with E-state index in [9.17, 15) is 9.00 Å². The molecule has 0 radical (unpaired) electrons. The fourth-order valence-corrected chi connectivity index (χ4v) is 2.41. The number of aromatic nitrogens is 1. The third-order valence-electron chi connectivity index (χ3n) is 2.06. The van der Waals surface area contributed by atoms with E-state index < -0.39 is 10.8 Å². The second kappa shape index (κ2) is 7.32. The molecule has 0 bridgehead atoms. The van der Waals surface area contributed by atoms with Gasteiger partial charge in [0.05, 0.1) is 0 Å². The zero-order valence-electron chi connectivity index (χ0n) is 10.5. The Morgan fingerprint density at radius 3 is 2.83 bits per heavy atom. The molecular weight excluding hydrogens is 272 g/mol. The van der Waals surface area contributed by atoms with Crippen LogP contribution in [0, 0.1) is 0 Å². The maximum absolute atomic E-state index is 11.8. The van der Waals surface area contributed by atoms with Gasteiger partial charge in [0.1, 0.15) is 10.7 Å². The van der Waals surface area contributed by atoms with Crippen LogP contribution in [0.5, 0.6) is 0 Å². The Bertz CT molecular complexity index is 434.